The Kier molecular flexibility index (Phi) is 3.01. The van der Waals surface area contributed by atoms with Crippen LogP contribution in [-0.2, 0) is 14.9 Å². The second-order valence-corrected chi connectivity index (χ2v) is 6.43. The molecule has 2 saturated heterocycles. The highest BCUT2D eigenvalue weighted by Crippen LogP contribution is 2.52. The number of ether oxygens (including phenoxy) is 2. The lowest BCUT2D eigenvalue weighted by atomic mass is 9.56. The predicted octanol–water partition coefficient (Wildman–Crippen LogP) is 2.00. The summed E-state index contributed by atoms with van der Waals surface area (Å²) >= 11 is 3.57. The van der Waals surface area contributed by atoms with Gasteiger partial charge in [0.15, 0.2) is 0 Å². The molecule has 2 aliphatic heterocycles. The molecule has 0 saturated carbocycles. The summed E-state index contributed by atoms with van der Waals surface area (Å²) < 4.78 is 12.1. The van der Waals surface area contributed by atoms with Gasteiger partial charge in [-0.25, -0.2) is 0 Å². The Balaban J connectivity index is 2.08. The van der Waals surface area contributed by atoms with Gasteiger partial charge in [-0.1, -0.05) is 22.0 Å². The van der Waals surface area contributed by atoms with Gasteiger partial charge in [-0.05, 0) is 30.2 Å². The maximum Gasteiger partial charge on any atom is 0.0593 e. The minimum absolute atomic E-state index is 0.0356. The van der Waals surface area contributed by atoms with Crippen LogP contribution in [0.3, 0.4) is 0 Å². The fourth-order valence-electron chi connectivity index (χ4n) is 3.10. The van der Waals surface area contributed by atoms with Crippen molar-refractivity contribution in [3.05, 3.63) is 33.8 Å². The van der Waals surface area contributed by atoms with E-state index in [9.17, 15) is 0 Å². The summed E-state index contributed by atoms with van der Waals surface area (Å²) in [5.74, 6) is 0. The van der Waals surface area contributed by atoms with Crippen LogP contribution >= 0.6 is 15.9 Å². The topological polar surface area (TPSA) is 44.5 Å². The highest BCUT2D eigenvalue weighted by atomic mass is 79.9. The zero-order valence-electron chi connectivity index (χ0n) is 10.5. The molecule has 0 atom stereocenters. The van der Waals surface area contributed by atoms with Crippen LogP contribution < -0.4 is 5.73 Å². The van der Waals surface area contributed by atoms with E-state index >= 15 is 0 Å². The minimum Gasteiger partial charge on any atom is -0.380 e. The molecular weight excluding hydrogens is 294 g/mol. The Morgan fingerprint density at radius 3 is 2.33 bits per heavy atom. The molecule has 1 aromatic carbocycles. The van der Waals surface area contributed by atoms with Gasteiger partial charge in [-0.3, -0.25) is 0 Å². The molecule has 0 unspecified atom stereocenters. The van der Waals surface area contributed by atoms with Crippen molar-refractivity contribution >= 4 is 15.9 Å². The highest BCUT2D eigenvalue weighted by molar-refractivity contribution is 9.10. The average Bonchev–Trinajstić information content (AvgIpc) is 2.25. The van der Waals surface area contributed by atoms with Crippen LogP contribution in [0.2, 0.25) is 0 Å². The largest absolute Gasteiger partial charge is 0.380 e. The molecule has 3 nitrogen and oxygen atoms in total. The second kappa shape index (κ2) is 4.30. The number of hydrogen-bond donors (Lipinski definition) is 1. The molecule has 0 aliphatic carbocycles. The van der Waals surface area contributed by atoms with E-state index in [1.807, 2.05) is 0 Å². The summed E-state index contributed by atoms with van der Waals surface area (Å²) in [6.45, 7) is 5.82. The van der Waals surface area contributed by atoms with Crippen LogP contribution in [0.25, 0.3) is 0 Å². The van der Waals surface area contributed by atoms with Crippen LogP contribution in [-0.4, -0.2) is 33.0 Å². The summed E-state index contributed by atoms with van der Waals surface area (Å²) in [6, 6.07) is 6.45. The first kappa shape index (κ1) is 12.6. The third kappa shape index (κ3) is 1.53. The van der Waals surface area contributed by atoms with Gasteiger partial charge in [0.05, 0.1) is 31.8 Å². The van der Waals surface area contributed by atoms with Crippen LogP contribution in [0, 0.1) is 12.3 Å². The van der Waals surface area contributed by atoms with E-state index in [0.29, 0.717) is 6.54 Å². The summed E-state index contributed by atoms with van der Waals surface area (Å²) in [5, 5.41) is 0. The van der Waals surface area contributed by atoms with E-state index in [1.54, 1.807) is 0 Å². The van der Waals surface area contributed by atoms with Crippen LogP contribution in [0.4, 0.5) is 0 Å². The maximum atomic E-state index is 6.04. The van der Waals surface area contributed by atoms with E-state index in [0.717, 1.165) is 30.9 Å². The molecule has 0 spiro atoms. The molecule has 1 aromatic rings. The number of nitrogens with two attached hydrogens (primary N) is 1. The molecule has 2 fully saturated rings. The van der Waals surface area contributed by atoms with Gasteiger partial charge >= 0.3 is 0 Å². The van der Waals surface area contributed by atoms with Gasteiger partial charge in [0, 0.05) is 16.4 Å². The zero-order valence-corrected chi connectivity index (χ0v) is 12.1. The van der Waals surface area contributed by atoms with Crippen molar-refractivity contribution in [3.8, 4) is 0 Å². The maximum absolute atomic E-state index is 6.04. The molecule has 2 heterocycles. The normalized spacial score (nSPS) is 24.2. The predicted molar refractivity (Wildman–Crippen MR) is 73.7 cm³/mol. The van der Waals surface area contributed by atoms with Crippen LogP contribution in [0.1, 0.15) is 11.1 Å². The van der Waals surface area contributed by atoms with E-state index in [-0.39, 0.29) is 10.8 Å². The first-order chi connectivity index (χ1) is 8.63. The Hall–Kier alpha value is -0.420. The lowest BCUT2D eigenvalue weighted by Gasteiger charge is -2.59. The molecule has 0 bridgehead atoms. The lowest BCUT2D eigenvalue weighted by Crippen LogP contribution is -2.69. The molecule has 0 amide bonds. The van der Waals surface area contributed by atoms with Crippen LogP contribution in [0.15, 0.2) is 22.7 Å². The summed E-state index contributed by atoms with van der Waals surface area (Å²) in [4.78, 5) is 0. The molecule has 2 N–H and O–H groups in total. The molecular formula is C14H18BrNO2. The summed E-state index contributed by atoms with van der Waals surface area (Å²) in [6.07, 6.45) is 0. The third-order valence-corrected chi connectivity index (χ3v) is 5.07. The number of hydrogen-bond acceptors (Lipinski definition) is 3. The Bertz CT molecular complexity index is 461. The molecule has 3 rings (SSSR count). The summed E-state index contributed by atoms with van der Waals surface area (Å²) in [7, 11) is 0. The van der Waals surface area contributed by atoms with Crippen LogP contribution in [0.5, 0.6) is 0 Å². The van der Waals surface area contributed by atoms with Gasteiger partial charge in [0.1, 0.15) is 0 Å². The molecule has 2 aliphatic rings. The third-order valence-electron chi connectivity index (χ3n) is 4.57. The van der Waals surface area contributed by atoms with Crippen molar-refractivity contribution in [2.45, 2.75) is 12.3 Å². The van der Waals surface area contributed by atoms with Gasteiger partial charge in [-0.2, -0.15) is 0 Å². The molecule has 4 heteroatoms. The van der Waals surface area contributed by atoms with Gasteiger partial charge in [0.2, 0.25) is 0 Å². The highest BCUT2D eigenvalue weighted by Gasteiger charge is 2.60. The van der Waals surface area contributed by atoms with Gasteiger partial charge < -0.3 is 15.2 Å². The van der Waals surface area contributed by atoms with Crippen molar-refractivity contribution < 1.29 is 9.47 Å². The summed E-state index contributed by atoms with van der Waals surface area (Å²) in [5.41, 5.74) is 8.80. The van der Waals surface area contributed by atoms with E-state index in [4.69, 9.17) is 15.2 Å². The smallest absolute Gasteiger partial charge is 0.0593 e. The van der Waals surface area contributed by atoms with E-state index in [1.165, 1.54) is 11.1 Å². The molecule has 0 aromatic heterocycles. The van der Waals surface area contributed by atoms with E-state index < -0.39 is 0 Å². The SMILES string of the molecule is Cc1ccc(Br)cc1C1(C2(CN)COC2)COC1. The van der Waals surface area contributed by atoms with Crippen molar-refractivity contribution in [1.29, 1.82) is 0 Å². The minimum atomic E-state index is 0.0356. The quantitative estimate of drug-likeness (QED) is 0.928. The fourth-order valence-corrected chi connectivity index (χ4v) is 3.46. The van der Waals surface area contributed by atoms with Crippen molar-refractivity contribution in [3.63, 3.8) is 0 Å². The molecule has 98 valence electrons. The first-order valence-electron chi connectivity index (χ1n) is 6.26. The van der Waals surface area contributed by atoms with Crippen molar-refractivity contribution in [2.75, 3.05) is 33.0 Å². The Labute approximate surface area is 116 Å². The monoisotopic (exact) mass is 311 g/mol. The standard InChI is InChI=1S/C14H18BrNO2/c1-10-2-3-11(15)4-12(10)14(8-18-9-14)13(5-16)6-17-7-13/h2-4H,5-9,16H2,1H3. The molecule has 0 radical (unpaired) electrons. The van der Waals surface area contributed by atoms with Crippen molar-refractivity contribution in [2.24, 2.45) is 11.1 Å². The number of rotatable bonds is 3. The van der Waals surface area contributed by atoms with Gasteiger partial charge in [-0.15, -0.1) is 0 Å². The first-order valence-corrected chi connectivity index (χ1v) is 7.05. The fraction of sp³-hybridized carbons (Fsp3) is 0.571. The zero-order chi connectivity index (χ0) is 12.8. The average molecular weight is 312 g/mol. The van der Waals surface area contributed by atoms with E-state index in [2.05, 4.69) is 41.1 Å². The Morgan fingerprint density at radius 1 is 1.22 bits per heavy atom. The lowest BCUT2D eigenvalue weighted by molar-refractivity contribution is -0.224. The number of halogens is 1. The second-order valence-electron chi connectivity index (χ2n) is 5.51. The van der Waals surface area contributed by atoms with Crippen molar-refractivity contribution in [1.82, 2.24) is 0 Å². The Morgan fingerprint density at radius 2 is 1.89 bits per heavy atom. The van der Waals surface area contributed by atoms with Gasteiger partial charge in [0.25, 0.3) is 0 Å². The molecule has 18 heavy (non-hydrogen) atoms. The number of aryl methyl sites for hydroxylation is 1. The number of benzene rings is 1.